The quantitative estimate of drug-likeness (QED) is 0.834. The van der Waals surface area contributed by atoms with Gasteiger partial charge in [-0.05, 0) is 19.4 Å². The maximum atomic E-state index is 12.0. The van der Waals surface area contributed by atoms with E-state index >= 15 is 0 Å². The average molecular weight is 248 g/mol. The first kappa shape index (κ1) is 12.6. The van der Waals surface area contributed by atoms with E-state index in [1.54, 1.807) is 29.8 Å². The van der Waals surface area contributed by atoms with Gasteiger partial charge in [-0.1, -0.05) is 13.0 Å². The minimum absolute atomic E-state index is 0.133. The Balaban J connectivity index is 2.70. The van der Waals surface area contributed by atoms with Crippen molar-refractivity contribution in [3.63, 3.8) is 0 Å². The zero-order chi connectivity index (χ0) is 13.1. The van der Waals surface area contributed by atoms with Crippen LogP contribution in [0.15, 0.2) is 18.3 Å². The lowest BCUT2D eigenvalue weighted by molar-refractivity contribution is 0.0527. The summed E-state index contributed by atoms with van der Waals surface area (Å²) >= 11 is 0. The fourth-order valence-electron chi connectivity index (χ4n) is 2.01. The molecule has 0 radical (unpaired) electrons. The maximum Gasteiger partial charge on any atom is 0.342 e. The first-order valence-electron chi connectivity index (χ1n) is 6.00. The molecular formula is C13H16N2O3. The number of pyridine rings is 1. The standard InChI is InChI=1S/C13H16N2O3/c1-3-10-11(13(17)18-4-2)12-9(8-16)6-5-7-15(12)14-10/h5-7,16H,3-4,8H2,1-2H3. The third kappa shape index (κ3) is 1.97. The lowest BCUT2D eigenvalue weighted by atomic mass is 10.1. The van der Waals surface area contributed by atoms with Crippen LogP contribution in [0.5, 0.6) is 0 Å². The normalized spacial score (nSPS) is 10.8. The first-order valence-corrected chi connectivity index (χ1v) is 6.00. The Morgan fingerprint density at radius 3 is 2.89 bits per heavy atom. The number of aliphatic hydroxyl groups is 1. The molecular weight excluding hydrogens is 232 g/mol. The molecule has 0 fully saturated rings. The van der Waals surface area contributed by atoms with Crippen LogP contribution in [0.3, 0.4) is 0 Å². The van der Waals surface area contributed by atoms with E-state index < -0.39 is 0 Å². The summed E-state index contributed by atoms with van der Waals surface area (Å²) in [6.45, 7) is 3.89. The van der Waals surface area contributed by atoms with Gasteiger partial charge in [0.15, 0.2) is 0 Å². The highest BCUT2D eigenvalue weighted by Crippen LogP contribution is 2.21. The van der Waals surface area contributed by atoms with Gasteiger partial charge in [0.2, 0.25) is 0 Å². The highest BCUT2D eigenvalue weighted by molar-refractivity contribution is 5.99. The monoisotopic (exact) mass is 248 g/mol. The van der Waals surface area contributed by atoms with Crippen molar-refractivity contribution in [1.82, 2.24) is 9.61 Å². The van der Waals surface area contributed by atoms with Gasteiger partial charge in [-0.3, -0.25) is 0 Å². The van der Waals surface area contributed by atoms with Crippen molar-refractivity contribution in [2.24, 2.45) is 0 Å². The molecule has 2 heterocycles. The summed E-state index contributed by atoms with van der Waals surface area (Å²) in [6, 6.07) is 3.57. The third-order valence-electron chi connectivity index (χ3n) is 2.80. The topological polar surface area (TPSA) is 63.8 Å². The number of carbonyl (C=O) groups excluding carboxylic acids is 1. The maximum absolute atomic E-state index is 12.0. The molecule has 0 spiro atoms. The second-order valence-corrected chi connectivity index (χ2v) is 3.88. The van der Waals surface area contributed by atoms with E-state index in [0.717, 1.165) is 0 Å². The van der Waals surface area contributed by atoms with Crippen LogP contribution in [0.2, 0.25) is 0 Å². The number of rotatable bonds is 4. The molecule has 0 saturated heterocycles. The van der Waals surface area contributed by atoms with Gasteiger partial charge in [-0.25, -0.2) is 9.31 Å². The van der Waals surface area contributed by atoms with Gasteiger partial charge in [-0.2, -0.15) is 5.10 Å². The molecule has 2 aromatic rings. The van der Waals surface area contributed by atoms with Crippen LogP contribution in [-0.2, 0) is 17.8 Å². The summed E-state index contributed by atoms with van der Waals surface area (Å²) < 4.78 is 6.68. The second kappa shape index (κ2) is 5.18. The molecule has 0 amide bonds. The predicted octanol–water partition coefficient (Wildman–Crippen LogP) is 1.57. The lowest BCUT2D eigenvalue weighted by Crippen LogP contribution is -2.07. The zero-order valence-electron chi connectivity index (χ0n) is 10.5. The van der Waals surface area contributed by atoms with E-state index in [-0.39, 0.29) is 12.6 Å². The molecule has 5 nitrogen and oxygen atoms in total. The average Bonchev–Trinajstić information content (AvgIpc) is 2.77. The molecule has 2 rings (SSSR count). The molecule has 0 unspecified atom stereocenters. The van der Waals surface area contributed by atoms with Gasteiger partial charge in [0, 0.05) is 11.8 Å². The molecule has 0 bridgehead atoms. The number of aryl methyl sites for hydroxylation is 1. The molecule has 0 aliphatic rings. The van der Waals surface area contributed by atoms with Crippen molar-refractivity contribution in [2.45, 2.75) is 26.9 Å². The molecule has 18 heavy (non-hydrogen) atoms. The van der Waals surface area contributed by atoms with Gasteiger partial charge in [0.25, 0.3) is 0 Å². The SMILES string of the molecule is CCOC(=O)c1c(CC)nn2cccc(CO)c12. The number of esters is 1. The lowest BCUT2D eigenvalue weighted by Gasteiger charge is -2.04. The summed E-state index contributed by atoms with van der Waals surface area (Å²) in [6.07, 6.45) is 2.40. The number of hydrogen-bond acceptors (Lipinski definition) is 4. The van der Waals surface area contributed by atoms with Gasteiger partial charge in [-0.15, -0.1) is 0 Å². The Hall–Kier alpha value is -1.88. The summed E-state index contributed by atoms with van der Waals surface area (Å²) in [4.78, 5) is 12.0. The van der Waals surface area contributed by atoms with E-state index in [2.05, 4.69) is 5.10 Å². The molecule has 96 valence electrons. The first-order chi connectivity index (χ1) is 8.72. The van der Waals surface area contributed by atoms with Crippen LogP contribution in [-0.4, -0.2) is 27.3 Å². The molecule has 0 aliphatic heterocycles. The van der Waals surface area contributed by atoms with E-state index in [0.29, 0.717) is 35.4 Å². The minimum atomic E-state index is -0.384. The predicted molar refractivity (Wildman–Crippen MR) is 66.4 cm³/mol. The summed E-state index contributed by atoms with van der Waals surface area (Å²) in [7, 11) is 0. The largest absolute Gasteiger partial charge is 0.462 e. The van der Waals surface area contributed by atoms with Crippen molar-refractivity contribution >= 4 is 11.5 Å². The molecule has 0 aromatic carbocycles. The number of nitrogens with zero attached hydrogens (tertiary/aromatic N) is 2. The molecule has 2 aromatic heterocycles. The third-order valence-corrected chi connectivity index (χ3v) is 2.80. The fourth-order valence-corrected chi connectivity index (χ4v) is 2.01. The Bertz CT molecular complexity index is 575. The number of aliphatic hydroxyl groups excluding tert-OH is 1. The fraction of sp³-hybridized carbons (Fsp3) is 0.385. The van der Waals surface area contributed by atoms with Gasteiger partial charge in [0.05, 0.1) is 24.4 Å². The highest BCUT2D eigenvalue weighted by Gasteiger charge is 2.21. The van der Waals surface area contributed by atoms with E-state index in [1.807, 2.05) is 6.92 Å². The van der Waals surface area contributed by atoms with Crippen LogP contribution in [0.1, 0.15) is 35.5 Å². The summed E-state index contributed by atoms with van der Waals surface area (Å²) in [5.74, 6) is -0.384. The van der Waals surface area contributed by atoms with Gasteiger partial charge in [0.1, 0.15) is 5.56 Å². The number of carbonyl (C=O) groups is 1. The molecule has 1 N–H and O–H groups in total. The summed E-state index contributed by atoms with van der Waals surface area (Å²) in [5, 5.41) is 13.7. The van der Waals surface area contributed by atoms with Crippen molar-refractivity contribution in [3.05, 3.63) is 35.2 Å². The van der Waals surface area contributed by atoms with Crippen molar-refractivity contribution in [1.29, 1.82) is 0 Å². The Morgan fingerprint density at radius 2 is 2.28 bits per heavy atom. The van der Waals surface area contributed by atoms with E-state index in [9.17, 15) is 9.90 Å². The van der Waals surface area contributed by atoms with Crippen LogP contribution < -0.4 is 0 Å². The van der Waals surface area contributed by atoms with Crippen LogP contribution >= 0.6 is 0 Å². The smallest absolute Gasteiger partial charge is 0.342 e. The highest BCUT2D eigenvalue weighted by atomic mass is 16.5. The Labute approximate surface area is 105 Å². The van der Waals surface area contributed by atoms with Crippen molar-refractivity contribution < 1.29 is 14.6 Å². The number of fused-ring (bicyclic) bond motifs is 1. The van der Waals surface area contributed by atoms with E-state index in [4.69, 9.17) is 4.74 Å². The Kier molecular flexibility index (Phi) is 3.62. The van der Waals surface area contributed by atoms with Crippen molar-refractivity contribution in [2.75, 3.05) is 6.61 Å². The zero-order valence-corrected chi connectivity index (χ0v) is 10.5. The number of ether oxygens (including phenoxy) is 1. The van der Waals surface area contributed by atoms with Crippen LogP contribution in [0.25, 0.3) is 5.52 Å². The number of hydrogen-bond donors (Lipinski definition) is 1. The van der Waals surface area contributed by atoms with Gasteiger partial charge >= 0.3 is 5.97 Å². The summed E-state index contributed by atoms with van der Waals surface area (Å²) in [5.41, 5.74) is 2.46. The van der Waals surface area contributed by atoms with Crippen molar-refractivity contribution in [3.8, 4) is 0 Å². The minimum Gasteiger partial charge on any atom is -0.462 e. The van der Waals surface area contributed by atoms with Gasteiger partial charge < -0.3 is 9.84 Å². The second-order valence-electron chi connectivity index (χ2n) is 3.88. The van der Waals surface area contributed by atoms with Crippen LogP contribution in [0.4, 0.5) is 0 Å². The number of aromatic nitrogens is 2. The van der Waals surface area contributed by atoms with E-state index in [1.165, 1.54) is 0 Å². The van der Waals surface area contributed by atoms with Crippen LogP contribution in [0, 0.1) is 0 Å². The Morgan fingerprint density at radius 1 is 1.50 bits per heavy atom. The molecule has 5 heteroatoms. The molecule has 0 aliphatic carbocycles. The molecule has 0 saturated carbocycles. The molecule has 0 atom stereocenters.